The number of carbonyl (C=O) groups is 1. The van der Waals surface area contributed by atoms with Crippen LogP contribution in [0.15, 0.2) is 72.9 Å². The van der Waals surface area contributed by atoms with Gasteiger partial charge in [-0.3, -0.25) is 9.69 Å². The predicted molar refractivity (Wildman–Crippen MR) is 146 cm³/mol. The van der Waals surface area contributed by atoms with Crippen LogP contribution in [0, 0.1) is 0 Å². The molecule has 6 heteroatoms. The predicted octanol–water partition coefficient (Wildman–Crippen LogP) is 6.16. The summed E-state index contributed by atoms with van der Waals surface area (Å²) in [6, 6.07) is 22.7. The Morgan fingerprint density at radius 2 is 1.81 bits per heavy atom. The van der Waals surface area contributed by atoms with E-state index in [0.717, 1.165) is 41.4 Å². The van der Waals surface area contributed by atoms with Crippen molar-refractivity contribution in [3.63, 3.8) is 0 Å². The molecule has 1 aliphatic carbocycles. The molecule has 6 rings (SSSR count). The Labute approximate surface area is 216 Å². The van der Waals surface area contributed by atoms with Crippen LogP contribution >= 0.6 is 0 Å². The zero-order valence-corrected chi connectivity index (χ0v) is 20.8. The summed E-state index contributed by atoms with van der Waals surface area (Å²) >= 11 is 0. The molecule has 1 fully saturated rings. The average molecular weight is 494 g/mol. The van der Waals surface area contributed by atoms with Crippen LogP contribution in [0.2, 0.25) is 0 Å². The molecule has 188 valence electrons. The van der Waals surface area contributed by atoms with Crippen molar-refractivity contribution in [2.24, 2.45) is 0 Å². The standard InChI is InChI=1S/C31H31N3O3/c32-31-25-9-6-8-22(23(25)13-14-33-31)20-11-12-24-26(17-20)29(19-27(24)34-15-4-1-5-16-34)37-28-10-3-2-7-21(28)18-30(35)36/h2-3,6-14,17,27,29H,1,4-5,15-16,18-19H2,(H2,32,33)(H,35,36)/t27-,29-/m0/s1. The van der Waals surface area contributed by atoms with E-state index in [2.05, 4.69) is 34.1 Å². The van der Waals surface area contributed by atoms with Crippen molar-refractivity contribution < 1.29 is 14.6 Å². The maximum atomic E-state index is 11.5. The summed E-state index contributed by atoms with van der Waals surface area (Å²) < 4.78 is 6.63. The van der Waals surface area contributed by atoms with Crippen molar-refractivity contribution in [3.05, 3.63) is 89.6 Å². The van der Waals surface area contributed by atoms with Gasteiger partial charge in [0.25, 0.3) is 0 Å². The van der Waals surface area contributed by atoms with Crippen LogP contribution in [0.3, 0.4) is 0 Å². The molecule has 2 aliphatic rings. The van der Waals surface area contributed by atoms with Crippen LogP contribution in [0.4, 0.5) is 5.82 Å². The zero-order chi connectivity index (χ0) is 25.4. The fraction of sp³-hybridized carbons (Fsp3) is 0.290. The van der Waals surface area contributed by atoms with Crippen LogP contribution in [0.25, 0.3) is 21.9 Å². The van der Waals surface area contributed by atoms with Crippen LogP contribution in [0.1, 0.15) is 54.5 Å². The van der Waals surface area contributed by atoms with Gasteiger partial charge in [-0.25, -0.2) is 4.98 Å². The zero-order valence-electron chi connectivity index (χ0n) is 20.8. The third-order valence-corrected chi connectivity index (χ3v) is 7.79. The fourth-order valence-electron chi connectivity index (χ4n) is 6.03. The third kappa shape index (κ3) is 4.53. The number of fused-ring (bicyclic) bond motifs is 2. The number of nitrogens with zero attached hydrogens (tertiary/aromatic N) is 2. The summed E-state index contributed by atoms with van der Waals surface area (Å²) in [5.41, 5.74) is 11.6. The third-order valence-electron chi connectivity index (χ3n) is 7.79. The van der Waals surface area contributed by atoms with E-state index in [0.29, 0.717) is 23.2 Å². The van der Waals surface area contributed by atoms with Gasteiger partial charge in [-0.1, -0.05) is 55.0 Å². The second kappa shape index (κ2) is 9.87. The lowest BCUT2D eigenvalue weighted by atomic mass is 9.95. The van der Waals surface area contributed by atoms with E-state index in [-0.39, 0.29) is 12.5 Å². The highest BCUT2D eigenvalue weighted by molar-refractivity contribution is 6.01. The number of likely N-dealkylation sites (tertiary alicyclic amines) is 1. The van der Waals surface area contributed by atoms with E-state index in [1.165, 1.54) is 30.4 Å². The van der Waals surface area contributed by atoms with Gasteiger partial charge in [-0.05, 0) is 71.8 Å². The summed E-state index contributed by atoms with van der Waals surface area (Å²) in [6.07, 6.45) is 6.13. The lowest BCUT2D eigenvalue weighted by Gasteiger charge is -2.33. The van der Waals surface area contributed by atoms with Crippen molar-refractivity contribution in [2.75, 3.05) is 18.8 Å². The van der Waals surface area contributed by atoms with E-state index in [1.54, 1.807) is 6.20 Å². The summed E-state index contributed by atoms with van der Waals surface area (Å²) in [5.74, 6) is 0.317. The average Bonchev–Trinajstić information content (AvgIpc) is 3.27. The summed E-state index contributed by atoms with van der Waals surface area (Å²) in [6.45, 7) is 2.20. The number of pyridine rings is 1. The molecule has 1 aliphatic heterocycles. The van der Waals surface area contributed by atoms with Crippen LogP contribution in [0.5, 0.6) is 5.75 Å². The summed E-state index contributed by atoms with van der Waals surface area (Å²) in [7, 11) is 0. The molecule has 3 N–H and O–H groups in total. The molecule has 0 amide bonds. The SMILES string of the molecule is Nc1nccc2c(-c3ccc4c(c3)[C@@H](Oc3ccccc3CC(=O)O)C[C@@H]4N3CCCCC3)cccc12. The number of carboxylic acid groups (broad SMARTS) is 1. The van der Waals surface area contributed by atoms with Gasteiger partial charge in [0.1, 0.15) is 17.7 Å². The monoisotopic (exact) mass is 493 g/mol. The van der Waals surface area contributed by atoms with Gasteiger partial charge in [0.15, 0.2) is 0 Å². The Balaban J connectivity index is 1.42. The lowest BCUT2D eigenvalue weighted by molar-refractivity contribution is -0.136. The molecule has 3 aromatic carbocycles. The summed E-state index contributed by atoms with van der Waals surface area (Å²) in [5, 5.41) is 11.4. The fourth-order valence-corrected chi connectivity index (χ4v) is 6.03. The van der Waals surface area contributed by atoms with Gasteiger partial charge in [0, 0.05) is 29.6 Å². The Kier molecular flexibility index (Phi) is 6.26. The van der Waals surface area contributed by atoms with Crippen molar-refractivity contribution in [2.45, 2.75) is 44.2 Å². The minimum absolute atomic E-state index is 0.0587. The lowest BCUT2D eigenvalue weighted by Crippen LogP contribution is -2.32. The number of hydrogen-bond acceptors (Lipinski definition) is 5. The molecular formula is C31H31N3O3. The number of benzene rings is 3. The number of hydrogen-bond donors (Lipinski definition) is 2. The molecule has 4 aromatic rings. The minimum atomic E-state index is -0.860. The molecule has 2 atom stereocenters. The molecule has 0 unspecified atom stereocenters. The Bertz CT molecular complexity index is 1460. The van der Waals surface area contributed by atoms with Gasteiger partial charge in [0.2, 0.25) is 0 Å². The maximum absolute atomic E-state index is 11.5. The van der Waals surface area contributed by atoms with Gasteiger partial charge in [-0.2, -0.15) is 0 Å². The Morgan fingerprint density at radius 3 is 2.65 bits per heavy atom. The number of anilines is 1. The van der Waals surface area contributed by atoms with Crippen molar-refractivity contribution in [3.8, 4) is 16.9 Å². The summed E-state index contributed by atoms with van der Waals surface area (Å²) in [4.78, 5) is 18.3. The number of rotatable bonds is 6. The van der Waals surface area contributed by atoms with E-state index in [9.17, 15) is 9.90 Å². The number of aliphatic carboxylic acids is 1. The number of piperidine rings is 1. The van der Waals surface area contributed by atoms with Crippen LogP contribution < -0.4 is 10.5 Å². The smallest absolute Gasteiger partial charge is 0.307 e. The Morgan fingerprint density at radius 1 is 0.973 bits per heavy atom. The van der Waals surface area contributed by atoms with Gasteiger partial charge in [0.05, 0.1) is 6.42 Å². The first-order chi connectivity index (χ1) is 18.1. The molecule has 1 saturated heterocycles. The number of aromatic nitrogens is 1. The van der Waals surface area contributed by atoms with Gasteiger partial charge < -0.3 is 15.6 Å². The first kappa shape index (κ1) is 23.5. The molecule has 0 saturated carbocycles. The van der Waals surface area contributed by atoms with Gasteiger partial charge in [-0.15, -0.1) is 0 Å². The van der Waals surface area contributed by atoms with Crippen molar-refractivity contribution in [1.29, 1.82) is 0 Å². The molecular weight excluding hydrogens is 462 g/mol. The van der Waals surface area contributed by atoms with Crippen molar-refractivity contribution >= 4 is 22.6 Å². The highest BCUT2D eigenvalue weighted by Crippen LogP contribution is 2.47. The number of nitrogens with two attached hydrogens (primary N) is 1. The highest BCUT2D eigenvalue weighted by Gasteiger charge is 2.37. The topological polar surface area (TPSA) is 88.7 Å². The number of nitrogen functional groups attached to an aromatic ring is 1. The largest absolute Gasteiger partial charge is 0.485 e. The second-order valence-electron chi connectivity index (χ2n) is 10.1. The second-order valence-corrected chi connectivity index (χ2v) is 10.1. The van der Waals surface area contributed by atoms with Crippen LogP contribution in [-0.2, 0) is 11.2 Å². The van der Waals surface area contributed by atoms with E-state index >= 15 is 0 Å². The molecule has 0 bridgehead atoms. The van der Waals surface area contributed by atoms with E-state index in [1.807, 2.05) is 42.5 Å². The first-order valence-corrected chi connectivity index (χ1v) is 13.1. The number of para-hydroxylation sites is 1. The molecule has 2 heterocycles. The quantitative estimate of drug-likeness (QED) is 0.334. The molecule has 1 aromatic heterocycles. The van der Waals surface area contributed by atoms with E-state index < -0.39 is 5.97 Å². The first-order valence-electron chi connectivity index (χ1n) is 13.1. The highest BCUT2D eigenvalue weighted by atomic mass is 16.5. The minimum Gasteiger partial charge on any atom is -0.485 e. The van der Waals surface area contributed by atoms with E-state index in [4.69, 9.17) is 10.5 Å². The number of ether oxygens (including phenoxy) is 1. The molecule has 37 heavy (non-hydrogen) atoms. The number of carboxylic acids is 1. The molecule has 0 spiro atoms. The Hall–Kier alpha value is -3.90. The molecule has 0 radical (unpaired) electrons. The van der Waals surface area contributed by atoms with Crippen LogP contribution in [-0.4, -0.2) is 34.0 Å². The van der Waals surface area contributed by atoms with Crippen molar-refractivity contribution in [1.82, 2.24) is 9.88 Å². The molecule has 6 nitrogen and oxygen atoms in total. The normalized spacial score (nSPS) is 19.6. The van der Waals surface area contributed by atoms with Gasteiger partial charge >= 0.3 is 5.97 Å². The maximum Gasteiger partial charge on any atom is 0.307 e.